The molecule has 0 heterocycles. The van der Waals surface area contributed by atoms with Crippen LogP contribution in [0.15, 0.2) is 72.8 Å². The Morgan fingerprint density at radius 3 is 1.34 bits per heavy atom. The first kappa shape index (κ1) is 19.9. The molecule has 0 aliphatic rings. The van der Waals surface area contributed by atoms with Crippen molar-refractivity contribution in [3.8, 4) is 23.6 Å². The van der Waals surface area contributed by atoms with Gasteiger partial charge in [-0.3, -0.25) is 0 Å². The smallest absolute Gasteiger partial charge is 0.151 e. The summed E-state index contributed by atoms with van der Waals surface area (Å²) in [4.78, 5) is 0. The topological polar surface area (TPSA) is 66.0 Å². The number of hydrogen-bond donors (Lipinski definition) is 0. The fourth-order valence-electron chi connectivity index (χ4n) is 3.64. The summed E-state index contributed by atoms with van der Waals surface area (Å²) in [6, 6.07) is 24.6. The Kier molecular flexibility index (Phi) is 5.81. The number of benzene rings is 3. The molecule has 144 valence electrons. The van der Waals surface area contributed by atoms with Crippen molar-refractivity contribution in [1.82, 2.24) is 0 Å². The first-order valence-corrected chi connectivity index (χ1v) is 8.94. The summed E-state index contributed by atoms with van der Waals surface area (Å²) in [5, 5.41) is 19.8. The second-order valence-electron chi connectivity index (χ2n) is 6.46. The second kappa shape index (κ2) is 8.46. The van der Waals surface area contributed by atoms with E-state index in [4.69, 9.17) is 9.47 Å². The molecule has 3 aromatic carbocycles. The van der Waals surface area contributed by atoms with Gasteiger partial charge >= 0.3 is 0 Å². The number of ether oxygens (including phenoxy) is 2. The maximum Gasteiger partial charge on any atom is 0.151 e. The maximum atomic E-state index is 13.7. The van der Waals surface area contributed by atoms with Crippen molar-refractivity contribution in [2.75, 3.05) is 14.2 Å². The van der Waals surface area contributed by atoms with Crippen LogP contribution in [-0.2, 0) is 5.41 Å². The zero-order valence-electron chi connectivity index (χ0n) is 16.1. The molecular weight excluding hydrogens is 367 g/mol. The van der Waals surface area contributed by atoms with Crippen molar-refractivity contribution in [2.45, 2.75) is 5.41 Å². The number of nitriles is 2. The van der Waals surface area contributed by atoms with Crippen molar-refractivity contribution in [2.24, 2.45) is 5.92 Å². The molecule has 0 aliphatic carbocycles. The molecule has 0 spiro atoms. The van der Waals surface area contributed by atoms with E-state index < -0.39 is 17.2 Å². The Morgan fingerprint density at radius 2 is 1.03 bits per heavy atom. The predicted molar refractivity (Wildman–Crippen MR) is 107 cm³/mol. The van der Waals surface area contributed by atoms with Crippen molar-refractivity contribution in [1.29, 1.82) is 10.5 Å². The highest BCUT2D eigenvalue weighted by molar-refractivity contribution is 5.55. The van der Waals surface area contributed by atoms with Gasteiger partial charge in [0.05, 0.1) is 31.8 Å². The monoisotopic (exact) mass is 386 g/mol. The van der Waals surface area contributed by atoms with Gasteiger partial charge < -0.3 is 9.47 Å². The largest absolute Gasteiger partial charge is 0.497 e. The average molecular weight is 386 g/mol. The van der Waals surface area contributed by atoms with Crippen LogP contribution in [-0.4, -0.2) is 14.2 Å². The molecule has 0 bridgehead atoms. The van der Waals surface area contributed by atoms with Crippen molar-refractivity contribution >= 4 is 0 Å². The lowest BCUT2D eigenvalue weighted by Gasteiger charge is -2.37. The van der Waals surface area contributed by atoms with Crippen molar-refractivity contribution in [3.63, 3.8) is 0 Å². The van der Waals surface area contributed by atoms with Gasteiger partial charge in [-0.2, -0.15) is 10.5 Å². The molecule has 0 amide bonds. The van der Waals surface area contributed by atoms with Gasteiger partial charge in [0.15, 0.2) is 5.92 Å². The average Bonchev–Trinajstić information content (AvgIpc) is 2.78. The lowest BCUT2D eigenvalue weighted by molar-refractivity contribution is 0.413. The zero-order valence-corrected chi connectivity index (χ0v) is 16.1. The van der Waals surface area contributed by atoms with Crippen molar-refractivity contribution < 1.29 is 13.9 Å². The molecule has 0 aromatic heterocycles. The van der Waals surface area contributed by atoms with Crippen molar-refractivity contribution in [3.05, 3.63) is 95.3 Å². The van der Waals surface area contributed by atoms with Gasteiger partial charge in [0, 0.05) is 0 Å². The van der Waals surface area contributed by atoms with Crippen LogP contribution < -0.4 is 9.47 Å². The fourth-order valence-corrected chi connectivity index (χ4v) is 3.64. The summed E-state index contributed by atoms with van der Waals surface area (Å²) in [5.41, 5.74) is 0.962. The van der Waals surface area contributed by atoms with Crippen LogP contribution in [0.3, 0.4) is 0 Å². The van der Waals surface area contributed by atoms with Gasteiger partial charge in [-0.1, -0.05) is 36.4 Å². The van der Waals surface area contributed by atoms with E-state index in [9.17, 15) is 14.9 Å². The minimum Gasteiger partial charge on any atom is -0.497 e. The number of hydrogen-bond acceptors (Lipinski definition) is 4. The third-order valence-corrected chi connectivity index (χ3v) is 5.08. The maximum absolute atomic E-state index is 13.7. The Labute approximate surface area is 169 Å². The van der Waals surface area contributed by atoms with E-state index in [0.29, 0.717) is 17.1 Å². The molecule has 0 radical (unpaired) electrons. The lowest BCUT2D eigenvalue weighted by Crippen LogP contribution is -2.36. The lowest BCUT2D eigenvalue weighted by atomic mass is 9.62. The summed E-state index contributed by atoms with van der Waals surface area (Å²) in [6.45, 7) is 0. The molecule has 0 saturated carbocycles. The van der Waals surface area contributed by atoms with Crippen LogP contribution in [0, 0.1) is 34.4 Å². The zero-order chi connectivity index (χ0) is 20.9. The summed E-state index contributed by atoms with van der Waals surface area (Å²) >= 11 is 0. The van der Waals surface area contributed by atoms with Gasteiger partial charge in [-0.15, -0.1) is 0 Å². The molecule has 3 aromatic rings. The summed E-state index contributed by atoms with van der Waals surface area (Å²) < 4.78 is 24.2. The molecule has 5 heteroatoms. The Balaban J connectivity index is 2.38. The molecule has 3 rings (SSSR count). The van der Waals surface area contributed by atoms with E-state index in [0.717, 1.165) is 11.1 Å². The number of nitrogens with zero attached hydrogens (tertiary/aromatic N) is 2. The molecule has 0 atom stereocenters. The van der Waals surface area contributed by atoms with E-state index in [1.54, 1.807) is 50.6 Å². The highest BCUT2D eigenvalue weighted by Crippen LogP contribution is 2.46. The van der Waals surface area contributed by atoms with Crippen LogP contribution in [0.2, 0.25) is 0 Å². The van der Waals surface area contributed by atoms with E-state index in [2.05, 4.69) is 12.1 Å². The normalized spacial score (nSPS) is 10.8. The van der Waals surface area contributed by atoms with E-state index in [1.165, 1.54) is 12.1 Å². The van der Waals surface area contributed by atoms with E-state index in [1.807, 2.05) is 24.3 Å². The number of halogens is 1. The second-order valence-corrected chi connectivity index (χ2v) is 6.46. The van der Waals surface area contributed by atoms with Crippen LogP contribution in [0.5, 0.6) is 11.5 Å². The Hall–Kier alpha value is -3.83. The van der Waals surface area contributed by atoms with Gasteiger partial charge in [0.2, 0.25) is 0 Å². The Bertz CT molecular complexity index is 985. The molecule has 4 nitrogen and oxygen atoms in total. The standard InChI is InChI=1S/C24H19FN2O2/c1-28-22-11-5-18(6-12-22)24(20(15-26)16-27,17-3-9-21(25)10-4-17)19-7-13-23(29-2)14-8-19/h3-14,20H,1-2H3. The van der Waals surface area contributed by atoms with Crippen LogP contribution >= 0.6 is 0 Å². The van der Waals surface area contributed by atoms with E-state index >= 15 is 0 Å². The quantitative estimate of drug-likeness (QED) is 0.569. The highest BCUT2D eigenvalue weighted by atomic mass is 19.1. The Morgan fingerprint density at radius 1 is 0.690 bits per heavy atom. The molecule has 0 unspecified atom stereocenters. The molecule has 0 saturated heterocycles. The van der Waals surface area contributed by atoms with E-state index in [-0.39, 0.29) is 0 Å². The third-order valence-electron chi connectivity index (χ3n) is 5.08. The number of rotatable bonds is 6. The van der Waals surface area contributed by atoms with Gasteiger partial charge in [0.25, 0.3) is 0 Å². The van der Waals surface area contributed by atoms with Gasteiger partial charge in [-0.05, 0) is 53.1 Å². The minimum absolute atomic E-state index is 0.391. The summed E-state index contributed by atoms with van der Waals surface area (Å²) in [6.07, 6.45) is 0. The molecule has 29 heavy (non-hydrogen) atoms. The SMILES string of the molecule is COc1ccc(C(c2ccc(F)cc2)(c2ccc(OC)cc2)C(C#N)C#N)cc1. The number of methoxy groups -OCH3 is 2. The van der Waals surface area contributed by atoms with Crippen LogP contribution in [0.4, 0.5) is 4.39 Å². The molecular formula is C24H19FN2O2. The van der Waals surface area contributed by atoms with Gasteiger partial charge in [-0.25, -0.2) is 4.39 Å². The van der Waals surface area contributed by atoms with Crippen LogP contribution in [0.1, 0.15) is 16.7 Å². The minimum atomic E-state index is -1.13. The summed E-state index contributed by atoms with van der Waals surface area (Å²) in [5.74, 6) is -0.142. The first-order chi connectivity index (χ1) is 14.1. The molecule has 0 fully saturated rings. The highest BCUT2D eigenvalue weighted by Gasteiger charge is 2.44. The van der Waals surface area contributed by atoms with Crippen LogP contribution in [0.25, 0.3) is 0 Å². The molecule has 0 aliphatic heterocycles. The fraction of sp³-hybridized carbons (Fsp3) is 0.167. The summed E-state index contributed by atoms with van der Waals surface area (Å²) in [7, 11) is 3.14. The third kappa shape index (κ3) is 3.51. The van der Waals surface area contributed by atoms with Gasteiger partial charge in [0.1, 0.15) is 17.3 Å². The molecule has 0 N–H and O–H groups in total. The first-order valence-electron chi connectivity index (χ1n) is 8.94. The predicted octanol–water partition coefficient (Wildman–Crippen LogP) is 4.84.